The summed E-state index contributed by atoms with van der Waals surface area (Å²) in [6.07, 6.45) is -0.293. The third-order valence-corrected chi connectivity index (χ3v) is 6.22. The standard InChI is InChI=1S/C23H20N2O4S2/c1-3-29-22(27)11-16(26)14-31-23-19(13-24)18(15-6-8-17(28-2)9-7-15)12-20(25-23)21-5-4-10-30-21/h4-10,12H,3,11,14H2,1-2H3. The smallest absolute Gasteiger partial charge is 0.313 e. The molecule has 0 radical (unpaired) electrons. The monoisotopic (exact) mass is 452 g/mol. The normalized spacial score (nSPS) is 10.4. The number of pyridine rings is 1. The van der Waals surface area contributed by atoms with Gasteiger partial charge in [0.25, 0.3) is 0 Å². The Balaban J connectivity index is 1.97. The number of nitrogens with zero attached hydrogens (tertiary/aromatic N) is 2. The van der Waals surface area contributed by atoms with Crippen LogP contribution in [-0.4, -0.2) is 36.2 Å². The maximum atomic E-state index is 12.2. The minimum atomic E-state index is -0.548. The van der Waals surface area contributed by atoms with Gasteiger partial charge in [0.2, 0.25) is 0 Å². The third-order valence-electron chi connectivity index (χ3n) is 4.29. The van der Waals surface area contributed by atoms with Crippen LogP contribution in [0.25, 0.3) is 21.7 Å². The highest BCUT2D eigenvalue weighted by molar-refractivity contribution is 8.00. The molecule has 6 nitrogen and oxygen atoms in total. The highest BCUT2D eigenvalue weighted by Crippen LogP contribution is 2.36. The Bertz CT molecular complexity index is 1100. The van der Waals surface area contributed by atoms with Crippen LogP contribution in [0.2, 0.25) is 0 Å². The molecule has 2 heterocycles. The minimum Gasteiger partial charge on any atom is -0.497 e. The number of ketones is 1. The van der Waals surface area contributed by atoms with Gasteiger partial charge in [-0.25, -0.2) is 4.98 Å². The van der Waals surface area contributed by atoms with Crippen LogP contribution in [0.4, 0.5) is 0 Å². The molecule has 0 saturated carbocycles. The van der Waals surface area contributed by atoms with Gasteiger partial charge in [-0.15, -0.1) is 11.3 Å². The molecule has 0 N–H and O–H groups in total. The first-order chi connectivity index (χ1) is 15.0. The van der Waals surface area contributed by atoms with Crippen molar-refractivity contribution in [1.82, 2.24) is 4.98 Å². The molecule has 0 unspecified atom stereocenters. The fraction of sp³-hybridized carbons (Fsp3) is 0.217. The molecule has 8 heteroatoms. The van der Waals surface area contributed by atoms with Crippen molar-refractivity contribution in [2.75, 3.05) is 19.5 Å². The Morgan fingerprint density at radius 1 is 1.23 bits per heavy atom. The van der Waals surface area contributed by atoms with Crippen LogP contribution in [-0.2, 0) is 14.3 Å². The quantitative estimate of drug-likeness (QED) is 0.257. The number of hydrogen-bond donors (Lipinski definition) is 0. The summed E-state index contributed by atoms with van der Waals surface area (Å²) in [4.78, 5) is 29.4. The van der Waals surface area contributed by atoms with Crippen LogP contribution in [0, 0.1) is 11.3 Å². The lowest BCUT2D eigenvalue weighted by atomic mass is 10.0. The van der Waals surface area contributed by atoms with Gasteiger partial charge in [0.1, 0.15) is 23.3 Å². The molecule has 2 aromatic heterocycles. The summed E-state index contributed by atoms with van der Waals surface area (Å²) >= 11 is 2.70. The molecule has 0 aliphatic carbocycles. The van der Waals surface area contributed by atoms with Gasteiger partial charge in [-0.3, -0.25) is 9.59 Å². The van der Waals surface area contributed by atoms with Crippen molar-refractivity contribution in [2.24, 2.45) is 0 Å². The zero-order valence-electron chi connectivity index (χ0n) is 17.1. The number of Topliss-reactive ketones (excluding diaryl/α,β-unsaturated/α-hetero) is 1. The SMILES string of the molecule is CCOC(=O)CC(=O)CSc1nc(-c2cccs2)cc(-c2ccc(OC)cc2)c1C#N. The van der Waals surface area contributed by atoms with Gasteiger partial charge in [0.15, 0.2) is 5.78 Å². The van der Waals surface area contributed by atoms with Crippen LogP contribution in [0.1, 0.15) is 18.9 Å². The number of carbonyl (C=O) groups is 2. The zero-order chi connectivity index (χ0) is 22.2. The van der Waals surface area contributed by atoms with Gasteiger partial charge in [0, 0.05) is 5.56 Å². The van der Waals surface area contributed by atoms with Crippen molar-refractivity contribution in [3.8, 4) is 33.5 Å². The summed E-state index contributed by atoms with van der Waals surface area (Å²) in [6.45, 7) is 1.92. The van der Waals surface area contributed by atoms with Gasteiger partial charge >= 0.3 is 5.97 Å². The number of hydrogen-bond acceptors (Lipinski definition) is 8. The number of rotatable bonds is 9. The molecule has 0 saturated heterocycles. The predicted molar refractivity (Wildman–Crippen MR) is 121 cm³/mol. The number of carbonyl (C=O) groups excluding carboxylic acids is 2. The van der Waals surface area contributed by atoms with Crippen molar-refractivity contribution < 1.29 is 19.1 Å². The molecule has 3 rings (SSSR count). The number of benzene rings is 1. The number of thiophene rings is 1. The van der Waals surface area contributed by atoms with Gasteiger partial charge in [-0.1, -0.05) is 30.0 Å². The van der Waals surface area contributed by atoms with E-state index in [1.165, 1.54) is 0 Å². The Morgan fingerprint density at radius 3 is 2.61 bits per heavy atom. The van der Waals surface area contributed by atoms with Gasteiger partial charge in [-0.05, 0) is 42.1 Å². The maximum absolute atomic E-state index is 12.2. The second-order valence-electron chi connectivity index (χ2n) is 6.36. The summed E-state index contributed by atoms with van der Waals surface area (Å²) in [6, 6.07) is 15.4. The van der Waals surface area contributed by atoms with Gasteiger partial charge in [-0.2, -0.15) is 5.26 Å². The molecule has 0 fully saturated rings. The summed E-state index contributed by atoms with van der Waals surface area (Å²) in [7, 11) is 1.60. The van der Waals surface area contributed by atoms with E-state index in [0.717, 1.165) is 33.5 Å². The van der Waals surface area contributed by atoms with Crippen molar-refractivity contribution >= 4 is 34.9 Å². The van der Waals surface area contributed by atoms with E-state index >= 15 is 0 Å². The molecular weight excluding hydrogens is 432 g/mol. The number of methoxy groups -OCH3 is 1. The Hall–Kier alpha value is -3.15. The highest BCUT2D eigenvalue weighted by atomic mass is 32.2. The molecule has 1 aromatic carbocycles. The van der Waals surface area contributed by atoms with Crippen molar-refractivity contribution in [3.63, 3.8) is 0 Å². The summed E-state index contributed by atoms with van der Waals surface area (Å²) in [5.41, 5.74) is 2.68. The number of nitriles is 1. The van der Waals surface area contributed by atoms with E-state index in [2.05, 4.69) is 11.1 Å². The molecule has 0 bridgehead atoms. The first-order valence-corrected chi connectivity index (χ1v) is 11.4. The number of ether oxygens (including phenoxy) is 2. The van der Waals surface area contributed by atoms with Crippen molar-refractivity contribution in [2.45, 2.75) is 18.4 Å². The minimum absolute atomic E-state index is 0.0242. The second-order valence-corrected chi connectivity index (χ2v) is 8.27. The lowest BCUT2D eigenvalue weighted by Gasteiger charge is -2.12. The predicted octanol–water partition coefficient (Wildman–Crippen LogP) is 4.97. The first-order valence-electron chi connectivity index (χ1n) is 9.49. The average molecular weight is 453 g/mol. The number of esters is 1. The summed E-state index contributed by atoms with van der Waals surface area (Å²) < 4.78 is 10.1. The van der Waals surface area contributed by atoms with Crippen molar-refractivity contribution in [1.29, 1.82) is 5.26 Å². The average Bonchev–Trinajstić information content (AvgIpc) is 3.32. The third kappa shape index (κ3) is 5.72. The van der Waals surface area contributed by atoms with E-state index in [4.69, 9.17) is 9.47 Å². The van der Waals surface area contributed by atoms with Crippen LogP contribution in [0.5, 0.6) is 5.75 Å². The zero-order valence-corrected chi connectivity index (χ0v) is 18.7. The first kappa shape index (κ1) is 22.5. The van der Waals surface area contributed by atoms with E-state index in [0.29, 0.717) is 16.3 Å². The molecule has 0 amide bonds. The fourth-order valence-corrected chi connectivity index (χ4v) is 4.40. The van der Waals surface area contributed by atoms with Crippen LogP contribution < -0.4 is 4.74 Å². The number of thioether (sulfide) groups is 1. The Labute approximate surface area is 188 Å². The number of aromatic nitrogens is 1. The Morgan fingerprint density at radius 2 is 2.00 bits per heavy atom. The fourth-order valence-electron chi connectivity index (χ4n) is 2.86. The lowest BCUT2D eigenvalue weighted by Crippen LogP contribution is -2.13. The van der Waals surface area contributed by atoms with E-state index in [9.17, 15) is 14.9 Å². The van der Waals surface area contributed by atoms with Crippen molar-refractivity contribution in [3.05, 3.63) is 53.4 Å². The van der Waals surface area contributed by atoms with Crippen LogP contribution in [0.3, 0.4) is 0 Å². The Kier molecular flexibility index (Phi) is 7.82. The summed E-state index contributed by atoms with van der Waals surface area (Å²) in [5.74, 6) is -0.0837. The topological polar surface area (TPSA) is 89.3 Å². The molecule has 158 valence electrons. The molecule has 31 heavy (non-hydrogen) atoms. The van der Waals surface area contributed by atoms with E-state index in [1.807, 2.05) is 47.8 Å². The summed E-state index contributed by atoms with van der Waals surface area (Å²) in [5, 5.41) is 12.3. The van der Waals surface area contributed by atoms with E-state index < -0.39 is 5.97 Å². The maximum Gasteiger partial charge on any atom is 0.313 e. The molecule has 0 spiro atoms. The molecule has 0 aliphatic heterocycles. The lowest BCUT2D eigenvalue weighted by molar-refractivity contribution is -0.145. The highest BCUT2D eigenvalue weighted by Gasteiger charge is 2.18. The van der Waals surface area contributed by atoms with E-state index in [-0.39, 0.29) is 24.6 Å². The second kappa shape index (κ2) is 10.8. The molecular formula is C23H20N2O4S2. The van der Waals surface area contributed by atoms with Crippen LogP contribution >= 0.6 is 23.1 Å². The van der Waals surface area contributed by atoms with Gasteiger partial charge in [0.05, 0.1) is 35.6 Å². The van der Waals surface area contributed by atoms with E-state index in [1.54, 1.807) is 25.4 Å². The molecule has 3 aromatic rings. The van der Waals surface area contributed by atoms with Crippen LogP contribution in [0.15, 0.2) is 52.9 Å². The largest absolute Gasteiger partial charge is 0.497 e. The van der Waals surface area contributed by atoms with Gasteiger partial charge < -0.3 is 9.47 Å². The molecule has 0 atom stereocenters. The molecule has 0 aliphatic rings.